The summed E-state index contributed by atoms with van der Waals surface area (Å²) in [4.78, 5) is 16.8. The molecule has 7 heteroatoms. The highest BCUT2D eigenvalue weighted by atomic mass is 79.9. The fraction of sp³-hybridized carbons (Fsp3) is 0.263. The molecule has 1 aromatic heterocycles. The number of nitrogens with zero attached hydrogens (tertiary/aromatic N) is 1. The lowest BCUT2D eigenvalue weighted by molar-refractivity contribution is -0.118. The molecule has 1 N–H and O–H groups in total. The van der Waals surface area contributed by atoms with E-state index in [2.05, 4.69) is 38.4 Å². The molecule has 0 aliphatic carbocycles. The van der Waals surface area contributed by atoms with Crippen molar-refractivity contribution in [2.24, 2.45) is 0 Å². The highest BCUT2D eigenvalue weighted by molar-refractivity contribution is 9.10. The monoisotopic (exact) mass is 452 g/mol. The van der Waals surface area contributed by atoms with Crippen molar-refractivity contribution in [1.29, 1.82) is 0 Å². The quantitative estimate of drug-likeness (QED) is 0.530. The summed E-state index contributed by atoms with van der Waals surface area (Å²) in [7, 11) is 0. The van der Waals surface area contributed by atoms with E-state index in [0.29, 0.717) is 15.9 Å². The van der Waals surface area contributed by atoms with E-state index in [-0.39, 0.29) is 12.5 Å². The summed E-state index contributed by atoms with van der Waals surface area (Å²) in [5, 5.41) is 4.07. The van der Waals surface area contributed by atoms with Crippen LogP contribution < -0.4 is 10.1 Å². The maximum Gasteiger partial charge on any atom is 0.264 e. The van der Waals surface area contributed by atoms with Gasteiger partial charge in [0.25, 0.3) is 5.91 Å². The number of aryl methyl sites for hydroxylation is 3. The summed E-state index contributed by atoms with van der Waals surface area (Å²) in [5.74, 6) is 0.339. The average Bonchev–Trinajstić information content (AvgIpc) is 2.97. The Bertz CT molecular complexity index is 1020. The van der Waals surface area contributed by atoms with E-state index in [1.54, 1.807) is 0 Å². The summed E-state index contributed by atoms with van der Waals surface area (Å²) < 4.78 is 7.48. The molecule has 0 unspecified atom stereocenters. The molecule has 4 nitrogen and oxygen atoms in total. The highest BCUT2D eigenvalue weighted by Gasteiger charge is 2.14. The molecule has 0 aliphatic heterocycles. The number of ether oxygens (including phenoxy) is 1. The molecule has 0 fully saturated rings. The molecule has 3 rings (SSSR count). The van der Waals surface area contributed by atoms with Crippen LogP contribution in [0.25, 0.3) is 10.2 Å². The van der Waals surface area contributed by atoms with Crippen LogP contribution in [0.1, 0.15) is 22.3 Å². The van der Waals surface area contributed by atoms with Gasteiger partial charge in [-0.1, -0.05) is 29.0 Å². The van der Waals surface area contributed by atoms with Crippen molar-refractivity contribution in [1.82, 2.24) is 4.98 Å². The number of halogens is 2. The molecule has 2 aromatic carbocycles. The zero-order valence-electron chi connectivity index (χ0n) is 14.9. The highest BCUT2D eigenvalue weighted by Crippen LogP contribution is 2.35. The van der Waals surface area contributed by atoms with Crippen LogP contribution in [0, 0.1) is 27.7 Å². The van der Waals surface area contributed by atoms with Crippen molar-refractivity contribution >= 4 is 60.1 Å². The largest absolute Gasteiger partial charge is 0.483 e. The SMILES string of the molecule is Cc1cc(C)c2nc(NC(=O)COc3cc(C)c(Cl)c(C)c3Br)sc2c1. The van der Waals surface area contributed by atoms with E-state index in [4.69, 9.17) is 16.3 Å². The van der Waals surface area contributed by atoms with Crippen LogP contribution in [0.5, 0.6) is 5.75 Å². The van der Waals surface area contributed by atoms with E-state index >= 15 is 0 Å². The normalized spacial score (nSPS) is 11.0. The van der Waals surface area contributed by atoms with Crippen LogP contribution in [0.4, 0.5) is 5.13 Å². The Hall–Kier alpha value is -1.63. The molecular formula is C19H18BrClN2O2S. The first-order chi connectivity index (χ1) is 12.3. The third-order valence-corrected chi connectivity index (χ3v) is 6.49. The second-order valence-corrected chi connectivity index (χ2v) is 8.43. The standard InChI is InChI=1S/C19H18BrClN2O2S/c1-9-5-11(3)18-14(6-9)26-19(23-18)22-15(24)8-25-13-7-10(2)17(21)12(4)16(13)20/h5-7H,8H2,1-4H3,(H,22,23,24). The molecule has 0 aliphatic rings. The van der Waals surface area contributed by atoms with Gasteiger partial charge in [0.05, 0.1) is 14.7 Å². The van der Waals surface area contributed by atoms with Crippen molar-refractivity contribution in [3.05, 3.63) is 49.9 Å². The Kier molecular flexibility index (Phi) is 5.55. The number of carbonyl (C=O) groups excluding carboxylic acids is 1. The Balaban J connectivity index is 1.71. The van der Waals surface area contributed by atoms with Crippen LogP contribution in [0.15, 0.2) is 22.7 Å². The number of amides is 1. The molecule has 0 spiro atoms. The first-order valence-electron chi connectivity index (χ1n) is 8.02. The van der Waals surface area contributed by atoms with E-state index < -0.39 is 0 Å². The molecule has 136 valence electrons. The number of fused-ring (bicyclic) bond motifs is 1. The van der Waals surface area contributed by atoms with Gasteiger partial charge in [0.2, 0.25) is 0 Å². The Labute approximate surface area is 169 Å². The Morgan fingerprint density at radius 2 is 1.96 bits per heavy atom. The second-order valence-electron chi connectivity index (χ2n) is 6.23. The third kappa shape index (κ3) is 3.87. The van der Waals surface area contributed by atoms with Gasteiger partial charge < -0.3 is 4.74 Å². The number of thiazole rings is 1. The number of benzene rings is 2. The lowest BCUT2D eigenvalue weighted by Crippen LogP contribution is -2.20. The number of aromatic nitrogens is 1. The van der Waals surface area contributed by atoms with Crippen molar-refractivity contribution in [2.45, 2.75) is 27.7 Å². The van der Waals surface area contributed by atoms with Crippen LogP contribution in [0.3, 0.4) is 0 Å². The van der Waals surface area contributed by atoms with Gasteiger partial charge in [0.15, 0.2) is 11.7 Å². The maximum atomic E-state index is 12.3. The second kappa shape index (κ2) is 7.55. The van der Waals surface area contributed by atoms with Crippen molar-refractivity contribution in [2.75, 3.05) is 11.9 Å². The summed E-state index contributed by atoms with van der Waals surface area (Å²) >= 11 is 11.1. The fourth-order valence-electron chi connectivity index (χ4n) is 2.73. The van der Waals surface area contributed by atoms with E-state index in [1.807, 2.05) is 33.8 Å². The zero-order chi connectivity index (χ0) is 19.0. The van der Waals surface area contributed by atoms with Gasteiger partial charge in [-0.15, -0.1) is 0 Å². The van der Waals surface area contributed by atoms with Crippen LogP contribution in [0.2, 0.25) is 5.02 Å². The van der Waals surface area contributed by atoms with Gasteiger partial charge in [-0.2, -0.15) is 0 Å². The number of rotatable bonds is 4. The summed E-state index contributed by atoms with van der Waals surface area (Å²) in [5.41, 5.74) is 4.99. The van der Waals surface area contributed by atoms with Crippen LogP contribution >= 0.6 is 38.9 Å². The first kappa shape index (κ1) is 19.1. The van der Waals surface area contributed by atoms with Gasteiger partial charge in [-0.25, -0.2) is 4.98 Å². The van der Waals surface area contributed by atoms with Gasteiger partial charge in [0.1, 0.15) is 5.75 Å². The van der Waals surface area contributed by atoms with E-state index in [0.717, 1.165) is 31.4 Å². The summed E-state index contributed by atoms with van der Waals surface area (Å²) in [6.45, 7) is 7.77. The van der Waals surface area contributed by atoms with E-state index in [9.17, 15) is 4.79 Å². The average molecular weight is 454 g/mol. The molecule has 26 heavy (non-hydrogen) atoms. The molecule has 0 atom stereocenters. The molecule has 1 amide bonds. The third-order valence-electron chi connectivity index (χ3n) is 4.00. The molecule has 1 heterocycles. The lowest BCUT2D eigenvalue weighted by atomic mass is 10.1. The minimum Gasteiger partial charge on any atom is -0.483 e. The molecule has 0 bridgehead atoms. The number of hydrogen-bond donors (Lipinski definition) is 1. The van der Waals surface area contributed by atoms with Gasteiger partial charge >= 0.3 is 0 Å². The van der Waals surface area contributed by atoms with Crippen LogP contribution in [-0.2, 0) is 4.79 Å². The fourth-order valence-corrected chi connectivity index (χ4v) is 4.48. The molecular weight excluding hydrogens is 436 g/mol. The Morgan fingerprint density at radius 3 is 2.69 bits per heavy atom. The number of nitrogens with one attached hydrogen (secondary N) is 1. The zero-order valence-corrected chi connectivity index (χ0v) is 18.0. The Morgan fingerprint density at radius 1 is 1.23 bits per heavy atom. The lowest BCUT2D eigenvalue weighted by Gasteiger charge is -2.12. The predicted molar refractivity (Wildman–Crippen MR) is 112 cm³/mol. The number of anilines is 1. The summed E-state index contributed by atoms with van der Waals surface area (Å²) in [6.07, 6.45) is 0. The molecule has 0 radical (unpaired) electrons. The molecule has 3 aromatic rings. The summed E-state index contributed by atoms with van der Waals surface area (Å²) in [6, 6.07) is 5.97. The smallest absolute Gasteiger partial charge is 0.264 e. The number of hydrogen-bond acceptors (Lipinski definition) is 4. The van der Waals surface area contributed by atoms with Crippen molar-refractivity contribution in [3.63, 3.8) is 0 Å². The first-order valence-corrected chi connectivity index (χ1v) is 10.0. The minimum absolute atomic E-state index is 0.104. The van der Waals surface area contributed by atoms with Crippen molar-refractivity contribution in [3.8, 4) is 5.75 Å². The minimum atomic E-state index is -0.254. The maximum absolute atomic E-state index is 12.3. The molecule has 0 saturated heterocycles. The van der Waals surface area contributed by atoms with Gasteiger partial charge in [0, 0.05) is 5.02 Å². The van der Waals surface area contributed by atoms with E-state index in [1.165, 1.54) is 16.9 Å². The van der Waals surface area contributed by atoms with Crippen LogP contribution in [-0.4, -0.2) is 17.5 Å². The van der Waals surface area contributed by atoms with Gasteiger partial charge in [-0.3, -0.25) is 10.1 Å². The number of carbonyl (C=O) groups is 1. The topological polar surface area (TPSA) is 51.2 Å². The van der Waals surface area contributed by atoms with Crippen molar-refractivity contribution < 1.29 is 9.53 Å². The predicted octanol–water partition coefficient (Wildman–Crippen LogP) is 5.96. The van der Waals surface area contributed by atoms with Gasteiger partial charge in [-0.05, 0) is 78.0 Å². The molecule has 0 saturated carbocycles.